The summed E-state index contributed by atoms with van der Waals surface area (Å²) < 4.78 is 246. The van der Waals surface area contributed by atoms with Crippen LogP contribution < -0.4 is 42.5 Å². The molecule has 5 heterocycles. The van der Waals surface area contributed by atoms with E-state index in [2.05, 4.69) is 42.5 Å². The molecule has 5 aliphatic heterocycles. The molecule has 9 fully saturated rings. The van der Waals surface area contributed by atoms with E-state index in [1.807, 2.05) is 0 Å². The molecule has 0 amide bonds. The van der Waals surface area contributed by atoms with Gasteiger partial charge < -0.3 is 0 Å². The van der Waals surface area contributed by atoms with Crippen molar-refractivity contribution >= 4 is 0 Å². The van der Waals surface area contributed by atoms with Crippen molar-refractivity contribution in [2.24, 2.45) is 47.3 Å². The molecule has 8 N–H and O–H groups in total. The fourth-order valence-corrected chi connectivity index (χ4v) is 11.8. The number of fused-ring (bicyclic) bond motifs is 20. The molecule has 0 aromatic rings. The van der Waals surface area contributed by atoms with Crippen LogP contribution in [-0.2, 0) is 16.8 Å². The fourth-order valence-electron chi connectivity index (χ4n) is 11.8. The number of hydrogen-bond acceptors (Lipinski definition) is 8. The molecule has 329 valence electrons. The van der Waals surface area contributed by atoms with Crippen LogP contribution in [0.15, 0.2) is 0 Å². The van der Waals surface area contributed by atoms with Crippen LogP contribution in [0.4, 0.5) is 70.2 Å². The Morgan fingerprint density at radius 1 is 0.158 bits per heavy atom. The number of hydrogen-bond donors (Lipinski definition) is 8. The number of halogens is 16. The minimum atomic E-state index is -3.07. The molecule has 24 unspecified atom stereocenters. The Morgan fingerprint density at radius 2 is 0.246 bits per heavy atom. The van der Waals surface area contributed by atoms with E-state index in [1.54, 1.807) is 0 Å². The topological polar surface area (TPSA) is 96.2 Å². The minimum absolute atomic E-state index is 0. The zero-order valence-electron chi connectivity index (χ0n) is 28.9. The van der Waals surface area contributed by atoms with E-state index in [4.69, 9.17) is 0 Å². The molecule has 0 aromatic carbocycles. The van der Waals surface area contributed by atoms with Gasteiger partial charge in [-0.3, -0.25) is 42.5 Å². The second-order valence-electron chi connectivity index (χ2n) is 16.9. The first-order valence-electron chi connectivity index (χ1n) is 18.8. The Hall–Kier alpha value is -0.934. The van der Waals surface area contributed by atoms with Gasteiger partial charge in [-0.25, -0.2) is 70.2 Å². The summed E-state index contributed by atoms with van der Waals surface area (Å²) in [5.41, 5.74) is 0. The molecule has 9 aliphatic rings. The van der Waals surface area contributed by atoms with E-state index < -0.39 is 195 Å². The standard InChI is InChI=1S/C32H40F16N8.Co/c33-9-1-2(10(34)18(42)17(9)41)26-49-25(1)53-27-3-4(12(36)20(44)19(43)11(3)35)29(50-27)55-31-7-8(16(40)24(48)23(47)15(7)39)32(52-31)56-30-6-5(28(51-30)54-26)13(37)21(45)22(46)14(6)38;/h1-32,49-56H;. The molecule has 25 heteroatoms. The van der Waals surface area contributed by atoms with Crippen LogP contribution in [-0.4, -0.2) is 148 Å². The van der Waals surface area contributed by atoms with Crippen LogP contribution in [0.3, 0.4) is 0 Å². The van der Waals surface area contributed by atoms with Gasteiger partial charge in [0, 0.05) is 64.1 Å². The molecule has 5 saturated heterocycles. The molecule has 4 aliphatic carbocycles. The number of nitrogens with one attached hydrogen (secondary N) is 8. The number of rotatable bonds is 0. The third kappa shape index (κ3) is 6.13. The maximum Gasteiger partial charge on any atom is 0.165 e. The molecular formula is C32H40CoF16N8. The van der Waals surface area contributed by atoms with Gasteiger partial charge in [-0.05, 0) is 0 Å². The molecule has 4 saturated carbocycles. The molecule has 57 heavy (non-hydrogen) atoms. The van der Waals surface area contributed by atoms with Gasteiger partial charge >= 0.3 is 0 Å². The van der Waals surface area contributed by atoms with Gasteiger partial charge in [0.15, 0.2) is 49.4 Å². The van der Waals surface area contributed by atoms with E-state index in [1.165, 1.54) is 0 Å². The van der Waals surface area contributed by atoms with Crippen molar-refractivity contribution in [2.75, 3.05) is 0 Å². The Bertz CT molecular complexity index is 1170. The second kappa shape index (κ2) is 15.2. The van der Waals surface area contributed by atoms with Crippen molar-refractivity contribution in [3.63, 3.8) is 0 Å². The van der Waals surface area contributed by atoms with E-state index >= 15 is 35.1 Å². The van der Waals surface area contributed by atoms with Crippen LogP contribution in [0.2, 0.25) is 0 Å². The molecule has 1 radical (unpaired) electrons. The van der Waals surface area contributed by atoms with Crippen molar-refractivity contribution < 1.29 is 87.0 Å². The predicted molar refractivity (Wildman–Crippen MR) is 162 cm³/mol. The second-order valence-corrected chi connectivity index (χ2v) is 16.9. The SMILES string of the molecule is FC1C(F)C(F)C2C3NC(NC4NC(NC5NC(NC6NC(N3)C3C(F)C(F)C(F)C(F)C63)C3C(F)C(F)C(F)C(F)C53)C3C(F)C(F)C(F)C(F)C43)C2C1F.[Co]. The maximum atomic E-state index is 15.8. The average Bonchev–Trinajstić information content (AvgIpc) is 3.92. The zero-order valence-corrected chi connectivity index (χ0v) is 29.9. The van der Waals surface area contributed by atoms with Gasteiger partial charge in [0.2, 0.25) is 0 Å². The first-order chi connectivity index (χ1) is 26.4. The summed E-state index contributed by atoms with van der Waals surface area (Å²) in [7, 11) is 0. The molecule has 0 aromatic heterocycles. The van der Waals surface area contributed by atoms with Gasteiger partial charge in [-0.2, -0.15) is 0 Å². The van der Waals surface area contributed by atoms with Crippen molar-refractivity contribution in [3.05, 3.63) is 0 Å². The Kier molecular flexibility index (Phi) is 11.4. The molecule has 8 nitrogen and oxygen atoms in total. The van der Waals surface area contributed by atoms with Crippen molar-refractivity contribution in [2.45, 2.75) is 148 Å². The van der Waals surface area contributed by atoms with Gasteiger partial charge in [0.1, 0.15) is 49.4 Å². The van der Waals surface area contributed by atoms with Gasteiger partial charge in [-0.1, -0.05) is 0 Å². The summed E-state index contributed by atoms with van der Waals surface area (Å²) in [6, 6.07) is 0. The largest absolute Gasteiger partial charge is 0.286 e. The third-order valence-electron chi connectivity index (χ3n) is 14.3. The van der Waals surface area contributed by atoms with Gasteiger partial charge in [0.25, 0.3) is 0 Å². The Morgan fingerprint density at radius 3 is 0.333 bits per heavy atom. The molecule has 9 rings (SSSR count). The normalized spacial score (nSPS) is 64.8. The summed E-state index contributed by atoms with van der Waals surface area (Å²) >= 11 is 0. The predicted octanol–water partition coefficient (Wildman–Crippen LogP) is 1.77. The van der Waals surface area contributed by atoms with Crippen LogP contribution in [0.25, 0.3) is 0 Å². The van der Waals surface area contributed by atoms with E-state index in [0.29, 0.717) is 0 Å². The first kappa shape index (κ1) is 42.7. The van der Waals surface area contributed by atoms with E-state index in [0.717, 1.165) is 0 Å². The quantitative estimate of drug-likeness (QED) is 0.175. The summed E-state index contributed by atoms with van der Waals surface area (Å²) in [5.74, 6) is -15.4. The van der Waals surface area contributed by atoms with Crippen molar-refractivity contribution in [3.8, 4) is 0 Å². The minimum Gasteiger partial charge on any atom is -0.286 e. The van der Waals surface area contributed by atoms with E-state index in [9.17, 15) is 35.1 Å². The third-order valence-corrected chi connectivity index (χ3v) is 14.3. The molecular weight excluding hydrogens is 859 g/mol. The summed E-state index contributed by atoms with van der Waals surface area (Å²) in [4.78, 5) is 0. The van der Waals surface area contributed by atoms with Gasteiger partial charge in [-0.15, -0.1) is 0 Å². The zero-order chi connectivity index (χ0) is 40.1. The summed E-state index contributed by atoms with van der Waals surface area (Å²) in [5, 5.41) is 21.0. The summed E-state index contributed by atoms with van der Waals surface area (Å²) in [6.45, 7) is 0. The smallest absolute Gasteiger partial charge is 0.165 e. The Labute approximate surface area is 324 Å². The maximum absolute atomic E-state index is 15.8. The van der Waals surface area contributed by atoms with Crippen LogP contribution >= 0.6 is 0 Å². The summed E-state index contributed by atoms with van der Waals surface area (Å²) in [6.07, 6.45) is -61.1. The van der Waals surface area contributed by atoms with Crippen LogP contribution in [0, 0.1) is 47.3 Å². The Balaban J connectivity index is 0.00000455. The van der Waals surface area contributed by atoms with Gasteiger partial charge in [0.05, 0.1) is 49.3 Å². The number of alkyl halides is 16. The van der Waals surface area contributed by atoms with Crippen molar-refractivity contribution in [1.29, 1.82) is 0 Å². The average molecular weight is 900 g/mol. The van der Waals surface area contributed by atoms with Crippen molar-refractivity contribution in [1.82, 2.24) is 42.5 Å². The fraction of sp³-hybridized carbons (Fsp3) is 1.00. The molecule has 8 bridgehead atoms. The monoisotopic (exact) mass is 899 g/mol. The molecule has 0 spiro atoms. The van der Waals surface area contributed by atoms with E-state index in [-0.39, 0.29) is 16.8 Å². The molecule has 24 atom stereocenters. The first-order valence-corrected chi connectivity index (χ1v) is 18.8. The van der Waals surface area contributed by atoms with Crippen LogP contribution in [0.1, 0.15) is 0 Å². The van der Waals surface area contributed by atoms with Crippen LogP contribution in [0.5, 0.6) is 0 Å².